The summed E-state index contributed by atoms with van der Waals surface area (Å²) in [5, 5.41) is 9.97. The van der Waals surface area contributed by atoms with Crippen LogP contribution in [0.4, 0.5) is 5.13 Å². The Hall–Kier alpha value is -1.18. The molecule has 1 aromatic heterocycles. The van der Waals surface area contributed by atoms with Gasteiger partial charge in [0.05, 0.1) is 18.9 Å². The third-order valence-electron chi connectivity index (χ3n) is 2.78. The number of hydrogen-bond acceptors (Lipinski definition) is 6. The molecule has 0 atom stereocenters. The van der Waals surface area contributed by atoms with Gasteiger partial charge in [-0.05, 0) is 5.92 Å². The van der Waals surface area contributed by atoms with E-state index in [1.165, 1.54) is 11.3 Å². The van der Waals surface area contributed by atoms with Crippen molar-refractivity contribution in [2.75, 3.05) is 45.4 Å². The molecule has 0 fully saturated rings. The molecule has 0 saturated heterocycles. The van der Waals surface area contributed by atoms with Crippen molar-refractivity contribution in [3.8, 4) is 0 Å². The van der Waals surface area contributed by atoms with Crippen LogP contribution in [0, 0.1) is 0 Å². The second-order valence-corrected chi connectivity index (χ2v) is 5.62. The fourth-order valence-corrected chi connectivity index (χ4v) is 2.82. The molecule has 1 aromatic rings. The number of anilines is 1. The van der Waals surface area contributed by atoms with E-state index in [9.17, 15) is 9.90 Å². The van der Waals surface area contributed by atoms with Gasteiger partial charge in [-0.15, -0.1) is 0 Å². The van der Waals surface area contributed by atoms with Gasteiger partial charge in [-0.1, -0.05) is 25.2 Å². The van der Waals surface area contributed by atoms with E-state index in [0.717, 1.165) is 0 Å². The molecule has 0 bridgehead atoms. The van der Waals surface area contributed by atoms with Crippen molar-refractivity contribution in [1.29, 1.82) is 0 Å². The summed E-state index contributed by atoms with van der Waals surface area (Å²) in [7, 11) is 3.27. The first kappa shape index (κ1) is 16.9. The lowest BCUT2D eigenvalue weighted by molar-refractivity contribution is 0.0700. The van der Waals surface area contributed by atoms with Gasteiger partial charge in [0.1, 0.15) is 4.88 Å². The van der Waals surface area contributed by atoms with Crippen LogP contribution in [0.3, 0.4) is 0 Å². The smallest absolute Gasteiger partial charge is 0.347 e. The standard InChI is InChI=1S/C13H22N2O4S/c1-9(2)10-11(12(16)17)20-13(14-10)15(5-7-18-3)6-8-19-4/h9H,5-8H2,1-4H3,(H,16,17). The number of carboxylic acids is 1. The molecule has 6 nitrogen and oxygen atoms in total. The summed E-state index contributed by atoms with van der Waals surface area (Å²) in [6.07, 6.45) is 0. The maximum Gasteiger partial charge on any atom is 0.347 e. The highest BCUT2D eigenvalue weighted by molar-refractivity contribution is 7.17. The van der Waals surface area contributed by atoms with E-state index in [-0.39, 0.29) is 5.92 Å². The van der Waals surface area contributed by atoms with Gasteiger partial charge in [0.2, 0.25) is 0 Å². The molecule has 1 N–H and O–H groups in total. The van der Waals surface area contributed by atoms with Crippen LogP contribution < -0.4 is 4.90 Å². The van der Waals surface area contributed by atoms with Gasteiger partial charge in [-0.25, -0.2) is 9.78 Å². The molecule has 7 heteroatoms. The molecule has 1 rings (SSSR count). The topological polar surface area (TPSA) is 71.9 Å². The SMILES string of the molecule is COCCN(CCOC)c1nc(C(C)C)c(C(=O)O)s1. The van der Waals surface area contributed by atoms with E-state index in [1.54, 1.807) is 14.2 Å². The number of carbonyl (C=O) groups is 1. The summed E-state index contributed by atoms with van der Waals surface area (Å²) in [6, 6.07) is 0. The predicted octanol–water partition coefficient (Wildman–Crippen LogP) is 2.06. The fraction of sp³-hybridized carbons (Fsp3) is 0.692. The normalized spacial score (nSPS) is 11.1. The summed E-state index contributed by atoms with van der Waals surface area (Å²) in [4.78, 5) is 18.1. The van der Waals surface area contributed by atoms with Crippen LogP contribution >= 0.6 is 11.3 Å². The van der Waals surface area contributed by atoms with Gasteiger partial charge >= 0.3 is 5.97 Å². The molecule has 0 saturated carbocycles. The van der Waals surface area contributed by atoms with Crippen molar-refractivity contribution in [3.63, 3.8) is 0 Å². The van der Waals surface area contributed by atoms with E-state index in [4.69, 9.17) is 9.47 Å². The van der Waals surface area contributed by atoms with Crippen LogP contribution in [0.2, 0.25) is 0 Å². The van der Waals surface area contributed by atoms with Crippen molar-refractivity contribution in [3.05, 3.63) is 10.6 Å². The Morgan fingerprint density at radius 3 is 2.20 bits per heavy atom. The molecule has 1 heterocycles. The number of thiazole rings is 1. The van der Waals surface area contributed by atoms with E-state index < -0.39 is 5.97 Å². The highest BCUT2D eigenvalue weighted by Crippen LogP contribution is 2.30. The van der Waals surface area contributed by atoms with Gasteiger partial charge in [0, 0.05) is 27.3 Å². The summed E-state index contributed by atoms with van der Waals surface area (Å²) in [6.45, 7) is 6.32. The van der Waals surface area contributed by atoms with Crippen molar-refractivity contribution in [2.24, 2.45) is 0 Å². The molecular weight excluding hydrogens is 280 g/mol. The largest absolute Gasteiger partial charge is 0.477 e. The Balaban J connectivity index is 2.99. The maximum absolute atomic E-state index is 11.3. The Kier molecular flexibility index (Phi) is 6.90. The van der Waals surface area contributed by atoms with Gasteiger partial charge in [-0.3, -0.25) is 0 Å². The molecule has 0 amide bonds. The van der Waals surface area contributed by atoms with Crippen molar-refractivity contribution in [2.45, 2.75) is 19.8 Å². The zero-order valence-electron chi connectivity index (χ0n) is 12.4. The fourth-order valence-electron chi connectivity index (χ4n) is 1.71. The summed E-state index contributed by atoms with van der Waals surface area (Å²) in [5.74, 6) is -0.839. The molecule has 0 aliphatic heterocycles. The van der Waals surface area contributed by atoms with Crippen LogP contribution in [0.5, 0.6) is 0 Å². The van der Waals surface area contributed by atoms with E-state index in [1.807, 2.05) is 18.7 Å². The van der Waals surface area contributed by atoms with Crippen LogP contribution in [0.25, 0.3) is 0 Å². The third kappa shape index (κ3) is 4.43. The number of hydrogen-bond donors (Lipinski definition) is 1. The van der Waals surface area contributed by atoms with E-state index in [2.05, 4.69) is 4.98 Å². The van der Waals surface area contributed by atoms with E-state index >= 15 is 0 Å². The maximum atomic E-state index is 11.3. The van der Waals surface area contributed by atoms with E-state index in [0.29, 0.717) is 42.0 Å². The molecule has 0 aliphatic carbocycles. The first-order chi connectivity index (χ1) is 9.51. The lowest BCUT2D eigenvalue weighted by Gasteiger charge is -2.20. The first-order valence-corrected chi connectivity index (χ1v) is 7.29. The monoisotopic (exact) mass is 302 g/mol. The van der Waals surface area contributed by atoms with Gasteiger partial charge in [-0.2, -0.15) is 0 Å². The minimum Gasteiger partial charge on any atom is -0.477 e. The lowest BCUT2D eigenvalue weighted by Crippen LogP contribution is -2.30. The Bertz CT molecular complexity index is 426. The predicted molar refractivity (Wildman–Crippen MR) is 79.1 cm³/mol. The number of nitrogens with zero attached hydrogens (tertiary/aromatic N) is 2. The molecule has 0 aliphatic rings. The molecular formula is C13H22N2O4S. The van der Waals surface area contributed by atoms with Gasteiger partial charge in [0.25, 0.3) is 0 Å². The van der Waals surface area contributed by atoms with Crippen molar-refractivity contribution < 1.29 is 19.4 Å². The molecule has 20 heavy (non-hydrogen) atoms. The number of ether oxygens (including phenoxy) is 2. The van der Waals surface area contributed by atoms with Crippen LogP contribution in [-0.4, -0.2) is 56.6 Å². The number of aromatic carboxylic acids is 1. The Morgan fingerprint density at radius 1 is 1.30 bits per heavy atom. The number of rotatable bonds is 9. The minimum atomic E-state index is -0.920. The summed E-state index contributed by atoms with van der Waals surface area (Å²) >= 11 is 1.21. The molecule has 114 valence electrons. The van der Waals surface area contributed by atoms with Crippen molar-refractivity contribution >= 4 is 22.4 Å². The minimum absolute atomic E-state index is 0.0813. The zero-order chi connectivity index (χ0) is 15.1. The molecule has 0 unspecified atom stereocenters. The number of carboxylic acid groups (broad SMARTS) is 1. The molecule has 0 radical (unpaired) electrons. The zero-order valence-corrected chi connectivity index (χ0v) is 13.2. The Morgan fingerprint density at radius 2 is 1.85 bits per heavy atom. The van der Waals surface area contributed by atoms with Gasteiger partial charge < -0.3 is 19.5 Å². The summed E-state index contributed by atoms with van der Waals surface area (Å²) in [5.41, 5.74) is 0.636. The highest BCUT2D eigenvalue weighted by Gasteiger charge is 2.22. The average Bonchev–Trinajstić information content (AvgIpc) is 2.84. The van der Waals surface area contributed by atoms with Crippen molar-refractivity contribution in [1.82, 2.24) is 4.98 Å². The number of aromatic nitrogens is 1. The van der Waals surface area contributed by atoms with Crippen LogP contribution in [0.1, 0.15) is 35.1 Å². The Labute approximate surface area is 123 Å². The second kappa shape index (κ2) is 8.18. The molecule has 0 aromatic carbocycles. The lowest BCUT2D eigenvalue weighted by atomic mass is 10.1. The van der Waals surface area contributed by atoms with Crippen LogP contribution in [-0.2, 0) is 9.47 Å². The second-order valence-electron chi connectivity index (χ2n) is 4.64. The quantitative estimate of drug-likeness (QED) is 0.753. The van der Waals surface area contributed by atoms with Crippen LogP contribution in [0.15, 0.2) is 0 Å². The van der Waals surface area contributed by atoms with Gasteiger partial charge in [0.15, 0.2) is 5.13 Å². The summed E-state index contributed by atoms with van der Waals surface area (Å²) < 4.78 is 10.2. The first-order valence-electron chi connectivity index (χ1n) is 6.48. The average molecular weight is 302 g/mol. The number of methoxy groups -OCH3 is 2. The third-order valence-corrected chi connectivity index (χ3v) is 3.90. The molecule has 0 spiro atoms. The highest BCUT2D eigenvalue weighted by atomic mass is 32.1.